The highest BCUT2D eigenvalue weighted by Gasteiger charge is 2.22. The Morgan fingerprint density at radius 3 is 2.88 bits per heavy atom. The molecule has 84 valence electrons. The molecular formula is C13H16N2O. The fourth-order valence-corrected chi connectivity index (χ4v) is 2.09. The SMILES string of the molecule is N#Cc1ccccc1COC1CCC(N)C1. The summed E-state index contributed by atoms with van der Waals surface area (Å²) >= 11 is 0. The molecule has 0 aliphatic heterocycles. The smallest absolute Gasteiger partial charge is 0.0995 e. The molecule has 3 nitrogen and oxygen atoms in total. The molecule has 0 radical (unpaired) electrons. The molecule has 1 aliphatic rings. The van der Waals surface area contributed by atoms with Gasteiger partial charge in [0.15, 0.2) is 0 Å². The molecule has 0 saturated heterocycles. The van der Waals surface area contributed by atoms with Crippen LogP contribution in [0.15, 0.2) is 24.3 Å². The van der Waals surface area contributed by atoms with Crippen molar-refractivity contribution in [3.8, 4) is 6.07 Å². The van der Waals surface area contributed by atoms with Gasteiger partial charge >= 0.3 is 0 Å². The number of nitrogens with two attached hydrogens (primary N) is 1. The zero-order valence-electron chi connectivity index (χ0n) is 9.23. The molecule has 1 fully saturated rings. The van der Waals surface area contributed by atoms with Crippen LogP contribution < -0.4 is 5.73 Å². The topological polar surface area (TPSA) is 59.0 Å². The highest BCUT2D eigenvalue weighted by Crippen LogP contribution is 2.22. The summed E-state index contributed by atoms with van der Waals surface area (Å²) in [6.45, 7) is 0.515. The van der Waals surface area contributed by atoms with Crippen molar-refractivity contribution in [3.05, 3.63) is 35.4 Å². The van der Waals surface area contributed by atoms with Gasteiger partial charge in [-0.25, -0.2) is 0 Å². The molecule has 3 heteroatoms. The number of hydrogen-bond donors (Lipinski definition) is 1. The minimum absolute atomic E-state index is 0.266. The average Bonchev–Trinajstić information content (AvgIpc) is 2.73. The predicted molar refractivity (Wildman–Crippen MR) is 61.6 cm³/mol. The van der Waals surface area contributed by atoms with E-state index in [1.807, 2.05) is 24.3 Å². The molecular weight excluding hydrogens is 200 g/mol. The lowest BCUT2D eigenvalue weighted by molar-refractivity contribution is 0.0447. The van der Waals surface area contributed by atoms with Gasteiger partial charge in [0.25, 0.3) is 0 Å². The van der Waals surface area contributed by atoms with E-state index in [0.29, 0.717) is 12.2 Å². The minimum Gasteiger partial charge on any atom is -0.373 e. The van der Waals surface area contributed by atoms with Crippen molar-refractivity contribution in [2.24, 2.45) is 5.73 Å². The summed E-state index contributed by atoms with van der Waals surface area (Å²) in [6.07, 6.45) is 3.29. The van der Waals surface area contributed by atoms with E-state index in [4.69, 9.17) is 15.7 Å². The van der Waals surface area contributed by atoms with E-state index in [1.54, 1.807) is 0 Å². The van der Waals surface area contributed by atoms with Crippen LogP contribution in [0.3, 0.4) is 0 Å². The van der Waals surface area contributed by atoms with Gasteiger partial charge in [-0.15, -0.1) is 0 Å². The van der Waals surface area contributed by atoms with Crippen LogP contribution in [-0.2, 0) is 11.3 Å². The summed E-state index contributed by atoms with van der Waals surface area (Å²) < 4.78 is 5.77. The molecule has 1 aromatic rings. The summed E-state index contributed by atoms with van der Waals surface area (Å²) in [5.74, 6) is 0. The van der Waals surface area contributed by atoms with Crippen molar-refractivity contribution in [3.63, 3.8) is 0 Å². The van der Waals surface area contributed by atoms with Crippen molar-refractivity contribution < 1.29 is 4.74 Å². The molecule has 2 rings (SSSR count). The van der Waals surface area contributed by atoms with E-state index >= 15 is 0 Å². The second kappa shape index (κ2) is 5.11. The Balaban J connectivity index is 1.92. The van der Waals surface area contributed by atoms with Gasteiger partial charge in [-0.2, -0.15) is 5.26 Å². The molecule has 16 heavy (non-hydrogen) atoms. The highest BCUT2D eigenvalue weighted by molar-refractivity contribution is 5.36. The fourth-order valence-electron chi connectivity index (χ4n) is 2.09. The van der Waals surface area contributed by atoms with Crippen LogP contribution in [-0.4, -0.2) is 12.1 Å². The monoisotopic (exact) mass is 216 g/mol. The lowest BCUT2D eigenvalue weighted by atomic mass is 10.1. The predicted octanol–water partition coefficient (Wildman–Crippen LogP) is 1.95. The van der Waals surface area contributed by atoms with Crippen molar-refractivity contribution in [1.29, 1.82) is 5.26 Å². The molecule has 0 spiro atoms. The van der Waals surface area contributed by atoms with Crippen LogP contribution >= 0.6 is 0 Å². The number of nitrogens with zero attached hydrogens (tertiary/aromatic N) is 1. The highest BCUT2D eigenvalue weighted by atomic mass is 16.5. The van der Waals surface area contributed by atoms with E-state index in [0.717, 1.165) is 24.8 Å². The Bertz CT molecular complexity index is 397. The number of benzene rings is 1. The van der Waals surface area contributed by atoms with Crippen LogP contribution in [0.1, 0.15) is 30.4 Å². The maximum absolute atomic E-state index is 8.93. The van der Waals surface area contributed by atoms with Gasteiger partial charge in [-0.3, -0.25) is 0 Å². The third kappa shape index (κ3) is 2.60. The van der Waals surface area contributed by atoms with Gasteiger partial charge in [0, 0.05) is 6.04 Å². The summed E-state index contributed by atoms with van der Waals surface area (Å²) in [6, 6.07) is 10.0. The number of ether oxygens (including phenoxy) is 1. The Labute approximate surface area is 95.8 Å². The van der Waals surface area contributed by atoms with E-state index in [9.17, 15) is 0 Å². The Morgan fingerprint density at radius 2 is 2.19 bits per heavy atom. The zero-order chi connectivity index (χ0) is 11.4. The van der Waals surface area contributed by atoms with Crippen LogP contribution in [0.2, 0.25) is 0 Å². The van der Waals surface area contributed by atoms with Crippen LogP contribution in [0.4, 0.5) is 0 Å². The third-order valence-corrected chi connectivity index (χ3v) is 3.04. The molecule has 0 amide bonds. The molecule has 0 heterocycles. The van der Waals surface area contributed by atoms with Crippen molar-refractivity contribution in [1.82, 2.24) is 0 Å². The molecule has 1 saturated carbocycles. The molecule has 2 N–H and O–H groups in total. The fraction of sp³-hybridized carbons (Fsp3) is 0.462. The van der Waals surface area contributed by atoms with Crippen molar-refractivity contribution in [2.75, 3.05) is 0 Å². The van der Waals surface area contributed by atoms with Gasteiger partial charge < -0.3 is 10.5 Å². The number of nitriles is 1. The van der Waals surface area contributed by atoms with E-state index in [1.165, 1.54) is 0 Å². The van der Waals surface area contributed by atoms with Gasteiger partial charge in [0.05, 0.1) is 24.3 Å². The largest absolute Gasteiger partial charge is 0.373 e. The molecule has 1 aliphatic carbocycles. The maximum atomic E-state index is 8.93. The second-order valence-corrected chi connectivity index (χ2v) is 4.28. The van der Waals surface area contributed by atoms with Crippen LogP contribution in [0.25, 0.3) is 0 Å². The summed E-state index contributed by atoms with van der Waals surface area (Å²) in [5, 5.41) is 8.93. The third-order valence-electron chi connectivity index (χ3n) is 3.04. The van der Waals surface area contributed by atoms with Crippen LogP contribution in [0.5, 0.6) is 0 Å². The lowest BCUT2D eigenvalue weighted by Crippen LogP contribution is -2.17. The molecule has 1 aromatic carbocycles. The quantitative estimate of drug-likeness (QED) is 0.840. The van der Waals surface area contributed by atoms with Gasteiger partial charge in [0.2, 0.25) is 0 Å². The van der Waals surface area contributed by atoms with Crippen molar-refractivity contribution in [2.45, 2.75) is 38.0 Å². The zero-order valence-corrected chi connectivity index (χ0v) is 9.23. The molecule has 0 bridgehead atoms. The lowest BCUT2D eigenvalue weighted by Gasteiger charge is -2.12. The van der Waals surface area contributed by atoms with Gasteiger partial charge in [-0.1, -0.05) is 18.2 Å². The molecule has 2 atom stereocenters. The van der Waals surface area contributed by atoms with E-state index < -0.39 is 0 Å². The van der Waals surface area contributed by atoms with Crippen molar-refractivity contribution >= 4 is 0 Å². The molecule has 2 unspecified atom stereocenters. The average molecular weight is 216 g/mol. The van der Waals surface area contributed by atoms with E-state index in [-0.39, 0.29) is 12.1 Å². The standard InChI is InChI=1S/C13H16N2O/c14-8-10-3-1-2-4-11(10)9-16-13-6-5-12(15)7-13/h1-4,12-13H,5-7,9,15H2. The Kier molecular flexibility index (Phi) is 3.55. The summed E-state index contributed by atoms with van der Waals surface area (Å²) in [7, 11) is 0. The van der Waals surface area contributed by atoms with Crippen LogP contribution in [0, 0.1) is 11.3 Å². The first-order valence-corrected chi connectivity index (χ1v) is 5.65. The second-order valence-electron chi connectivity index (χ2n) is 4.28. The van der Waals surface area contributed by atoms with E-state index in [2.05, 4.69) is 6.07 Å². The summed E-state index contributed by atoms with van der Waals surface area (Å²) in [4.78, 5) is 0. The summed E-state index contributed by atoms with van der Waals surface area (Å²) in [5.41, 5.74) is 7.48. The first kappa shape index (κ1) is 11.1. The first-order valence-electron chi connectivity index (χ1n) is 5.65. The Hall–Kier alpha value is -1.37. The Morgan fingerprint density at radius 1 is 1.38 bits per heavy atom. The minimum atomic E-state index is 0.266. The first-order chi connectivity index (χ1) is 7.79. The number of hydrogen-bond acceptors (Lipinski definition) is 3. The number of rotatable bonds is 3. The van der Waals surface area contributed by atoms with Gasteiger partial charge in [-0.05, 0) is 30.9 Å². The maximum Gasteiger partial charge on any atom is 0.0995 e. The van der Waals surface area contributed by atoms with Gasteiger partial charge in [0.1, 0.15) is 0 Å². The normalized spacial score (nSPS) is 24.2. The molecule has 0 aromatic heterocycles.